The molecule has 0 spiro atoms. The minimum absolute atomic E-state index is 0.322. The second-order valence-corrected chi connectivity index (χ2v) is 8.33. The molecular formula is C16H22F2N2O2S. The van der Waals surface area contributed by atoms with Crippen molar-refractivity contribution in [1.82, 2.24) is 5.32 Å². The Labute approximate surface area is 135 Å². The number of hydrogen-bond donors (Lipinski definition) is 1. The maximum absolute atomic E-state index is 12.5. The molecule has 4 nitrogen and oxygen atoms in total. The molecule has 0 unspecified atom stereocenters. The molecule has 1 aliphatic carbocycles. The zero-order valence-electron chi connectivity index (χ0n) is 12.9. The number of benzene rings is 1. The molecule has 0 bridgehead atoms. The van der Waals surface area contributed by atoms with E-state index in [-0.39, 0.29) is 4.90 Å². The fourth-order valence-electron chi connectivity index (χ4n) is 2.95. The first-order valence-corrected chi connectivity index (χ1v) is 9.62. The Balaban J connectivity index is 1.56. The minimum atomic E-state index is -4.50. The molecule has 1 aromatic carbocycles. The van der Waals surface area contributed by atoms with E-state index in [4.69, 9.17) is 0 Å². The van der Waals surface area contributed by atoms with Crippen LogP contribution in [0.25, 0.3) is 0 Å². The molecule has 0 atom stereocenters. The van der Waals surface area contributed by atoms with Crippen LogP contribution in [0.4, 0.5) is 14.5 Å². The van der Waals surface area contributed by atoms with Crippen molar-refractivity contribution in [2.75, 3.05) is 24.5 Å². The summed E-state index contributed by atoms with van der Waals surface area (Å²) in [5.41, 5.74) is 0.888. The molecule has 2 aliphatic rings. The van der Waals surface area contributed by atoms with Crippen molar-refractivity contribution in [1.29, 1.82) is 0 Å². The van der Waals surface area contributed by atoms with E-state index in [0.717, 1.165) is 44.1 Å². The minimum Gasteiger partial charge on any atom is -0.371 e. The highest BCUT2D eigenvalue weighted by atomic mass is 32.2. The zero-order valence-corrected chi connectivity index (χ0v) is 13.7. The van der Waals surface area contributed by atoms with E-state index in [1.165, 1.54) is 25.0 Å². The van der Waals surface area contributed by atoms with Crippen molar-refractivity contribution < 1.29 is 17.2 Å². The molecule has 1 saturated heterocycles. The first-order chi connectivity index (χ1) is 11.0. The number of hydrogen-bond acceptors (Lipinski definition) is 4. The van der Waals surface area contributed by atoms with Gasteiger partial charge in [-0.1, -0.05) is 0 Å². The number of rotatable bonds is 6. The Morgan fingerprint density at radius 3 is 2.22 bits per heavy atom. The average Bonchev–Trinajstić information content (AvgIpc) is 3.38. The number of piperidine rings is 1. The van der Waals surface area contributed by atoms with Crippen molar-refractivity contribution in [2.24, 2.45) is 5.92 Å². The van der Waals surface area contributed by atoms with Gasteiger partial charge in [-0.25, -0.2) is 8.42 Å². The number of nitrogens with zero attached hydrogens (tertiary/aromatic N) is 1. The van der Waals surface area contributed by atoms with Crippen LogP contribution < -0.4 is 10.2 Å². The summed E-state index contributed by atoms with van der Waals surface area (Å²) < 4.78 is 47.9. The fourth-order valence-corrected chi connectivity index (χ4v) is 3.67. The van der Waals surface area contributed by atoms with Crippen molar-refractivity contribution in [3.8, 4) is 0 Å². The largest absolute Gasteiger partial charge is 0.371 e. The second-order valence-electron chi connectivity index (χ2n) is 6.41. The van der Waals surface area contributed by atoms with Gasteiger partial charge in [0.05, 0.1) is 4.90 Å². The lowest BCUT2D eigenvalue weighted by Gasteiger charge is -2.34. The molecule has 23 heavy (non-hydrogen) atoms. The number of anilines is 1. The van der Waals surface area contributed by atoms with Crippen molar-refractivity contribution in [3.63, 3.8) is 0 Å². The Hall–Kier alpha value is -1.21. The summed E-state index contributed by atoms with van der Waals surface area (Å²) in [6.45, 7) is 2.90. The number of sulfone groups is 1. The van der Waals surface area contributed by atoms with Gasteiger partial charge in [0.1, 0.15) is 0 Å². The highest BCUT2D eigenvalue weighted by Gasteiger charge is 2.27. The first-order valence-electron chi connectivity index (χ1n) is 8.07. The predicted octanol–water partition coefficient (Wildman–Crippen LogP) is 2.65. The van der Waals surface area contributed by atoms with Gasteiger partial charge in [0.2, 0.25) is 9.84 Å². The van der Waals surface area contributed by atoms with E-state index in [1.54, 1.807) is 12.1 Å². The van der Waals surface area contributed by atoms with Gasteiger partial charge in [-0.2, -0.15) is 8.78 Å². The Kier molecular flexibility index (Phi) is 4.87. The molecule has 128 valence electrons. The maximum Gasteiger partial charge on any atom is 0.341 e. The van der Waals surface area contributed by atoms with Crippen LogP contribution in [0.3, 0.4) is 0 Å². The third kappa shape index (κ3) is 4.01. The summed E-state index contributed by atoms with van der Waals surface area (Å²) in [6.07, 6.45) is 4.78. The van der Waals surface area contributed by atoms with Crippen molar-refractivity contribution in [2.45, 2.75) is 42.4 Å². The SMILES string of the molecule is O=S(=O)(c1ccc(N2CCC(NCC3CC3)CC2)cc1)C(F)F. The topological polar surface area (TPSA) is 49.4 Å². The lowest BCUT2D eigenvalue weighted by molar-refractivity contribution is 0.234. The Bertz CT molecular complexity index is 622. The van der Waals surface area contributed by atoms with E-state index in [0.29, 0.717) is 6.04 Å². The monoisotopic (exact) mass is 344 g/mol. The smallest absolute Gasteiger partial charge is 0.341 e. The molecule has 1 aliphatic heterocycles. The normalized spacial score (nSPS) is 20.2. The molecule has 1 heterocycles. The molecular weight excluding hydrogens is 322 g/mol. The van der Waals surface area contributed by atoms with E-state index < -0.39 is 15.6 Å². The van der Waals surface area contributed by atoms with Crippen LogP contribution in [0, 0.1) is 5.92 Å². The van der Waals surface area contributed by atoms with Gasteiger partial charge in [-0.15, -0.1) is 0 Å². The second kappa shape index (κ2) is 6.73. The van der Waals surface area contributed by atoms with Crippen LogP contribution in [-0.4, -0.2) is 39.9 Å². The van der Waals surface area contributed by atoms with Crippen LogP contribution >= 0.6 is 0 Å². The summed E-state index contributed by atoms with van der Waals surface area (Å²) in [5.74, 6) is -2.50. The Morgan fingerprint density at radius 1 is 1.09 bits per heavy atom. The van der Waals surface area contributed by atoms with Crippen LogP contribution in [0.1, 0.15) is 25.7 Å². The molecule has 1 aromatic rings. The van der Waals surface area contributed by atoms with E-state index in [2.05, 4.69) is 10.2 Å². The Morgan fingerprint density at radius 2 is 1.70 bits per heavy atom. The summed E-state index contributed by atoms with van der Waals surface area (Å²) in [6, 6.07) is 6.33. The van der Waals surface area contributed by atoms with Gasteiger partial charge in [-0.05, 0) is 62.4 Å². The highest BCUT2D eigenvalue weighted by Crippen LogP contribution is 2.28. The number of alkyl halides is 2. The van der Waals surface area contributed by atoms with Crippen LogP contribution in [0.5, 0.6) is 0 Å². The molecule has 0 aromatic heterocycles. The van der Waals surface area contributed by atoms with Crippen LogP contribution in [0.2, 0.25) is 0 Å². The van der Waals surface area contributed by atoms with E-state index >= 15 is 0 Å². The summed E-state index contributed by atoms with van der Waals surface area (Å²) in [4.78, 5) is 1.85. The van der Waals surface area contributed by atoms with Crippen LogP contribution in [0.15, 0.2) is 29.2 Å². The standard InChI is InChI=1S/C16H22F2N2O2S/c17-16(18)23(21,22)15-5-3-14(4-6-15)20-9-7-13(8-10-20)19-11-12-1-2-12/h3-6,12-13,16,19H,1-2,7-11H2. The third-order valence-corrected chi connectivity index (χ3v) is 6.05. The van der Waals surface area contributed by atoms with E-state index in [1.807, 2.05) is 0 Å². The summed E-state index contributed by atoms with van der Waals surface area (Å²) >= 11 is 0. The molecule has 1 saturated carbocycles. The van der Waals surface area contributed by atoms with Crippen LogP contribution in [-0.2, 0) is 9.84 Å². The van der Waals surface area contributed by atoms with E-state index in [9.17, 15) is 17.2 Å². The highest BCUT2D eigenvalue weighted by molar-refractivity contribution is 7.91. The number of nitrogens with one attached hydrogen (secondary N) is 1. The quantitative estimate of drug-likeness (QED) is 0.862. The van der Waals surface area contributed by atoms with Gasteiger partial charge in [0, 0.05) is 24.8 Å². The van der Waals surface area contributed by atoms with Gasteiger partial charge in [-0.3, -0.25) is 0 Å². The van der Waals surface area contributed by atoms with Gasteiger partial charge in [0.25, 0.3) is 0 Å². The fraction of sp³-hybridized carbons (Fsp3) is 0.625. The number of halogens is 2. The first kappa shape index (κ1) is 16.6. The molecule has 0 radical (unpaired) electrons. The summed E-state index contributed by atoms with van der Waals surface area (Å²) in [5, 5.41) is 3.61. The van der Waals surface area contributed by atoms with Gasteiger partial charge >= 0.3 is 5.76 Å². The van der Waals surface area contributed by atoms with Crippen molar-refractivity contribution in [3.05, 3.63) is 24.3 Å². The molecule has 2 fully saturated rings. The van der Waals surface area contributed by atoms with Gasteiger partial charge < -0.3 is 10.2 Å². The summed E-state index contributed by atoms with van der Waals surface area (Å²) in [7, 11) is -4.50. The zero-order chi connectivity index (χ0) is 16.4. The molecule has 0 amide bonds. The molecule has 7 heteroatoms. The van der Waals surface area contributed by atoms with Gasteiger partial charge in [0.15, 0.2) is 0 Å². The average molecular weight is 344 g/mol. The predicted molar refractivity (Wildman–Crippen MR) is 85.6 cm³/mol. The molecule has 1 N–H and O–H groups in total. The maximum atomic E-state index is 12.5. The third-order valence-electron chi connectivity index (χ3n) is 4.65. The lowest BCUT2D eigenvalue weighted by atomic mass is 10.0. The van der Waals surface area contributed by atoms with Crippen molar-refractivity contribution >= 4 is 15.5 Å². The molecule has 3 rings (SSSR count). The lowest BCUT2D eigenvalue weighted by Crippen LogP contribution is -2.43.